The third-order valence-corrected chi connectivity index (χ3v) is 5.32. The lowest BCUT2D eigenvalue weighted by atomic mass is 10.1. The van der Waals surface area contributed by atoms with Crippen LogP contribution in [0.4, 0.5) is 0 Å². The minimum atomic E-state index is -3.60. The van der Waals surface area contributed by atoms with Gasteiger partial charge in [0.25, 0.3) is 0 Å². The smallest absolute Gasteiger partial charge is 0.338 e. The van der Waals surface area contributed by atoms with Crippen molar-refractivity contribution in [3.63, 3.8) is 0 Å². The lowest BCUT2D eigenvalue weighted by Crippen LogP contribution is -2.25. The molecule has 0 bridgehead atoms. The van der Waals surface area contributed by atoms with Crippen LogP contribution in [0.15, 0.2) is 53.4 Å². The first kappa shape index (κ1) is 20.6. The zero-order valence-electron chi connectivity index (χ0n) is 15.3. The van der Waals surface area contributed by atoms with Crippen molar-refractivity contribution >= 4 is 21.8 Å². The summed E-state index contributed by atoms with van der Waals surface area (Å²) in [6, 6.07) is 11.8. The van der Waals surface area contributed by atoms with Crippen molar-refractivity contribution < 1.29 is 27.5 Å². The monoisotopic (exact) mass is 391 g/mol. The van der Waals surface area contributed by atoms with Crippen LogP contribution in [0.1, 0.15) is 34.6 Å². The Hall–Kier alpha value is -2.71. The third-order valence-electron chi connectivity index (χ3n) is 3.76. The lowest BCUT2D eigenvalue weighted by molar-refractivity contribution is 0.0318. The maximum absolute atomic E-state index is 12.4. The molecule has 144 valence electrons. The Morgan fingerprint density at radius 1 is 1.00 bits per heavy atom. The predicted molar refractivity (Wildman–Crippen MR) is 99.5 cm³/mol. The molecule has 0 spiro atoms. The first-order valence-corrected chi connectivity index (χ1v) is 9.75. The maximum Gasteiger partial charge on any atom is 0.338 e. The summed E-state index contributed by atoms with van der Waals surface area (Å²) in [5.74, 6) is -0.446. The number of hydrogen-bond acceptors (Lipinski definition) is 6. The van der Waals surface area contributed by atoms with E-state index < -0.39 is 22.1 Å². The standard InChI is InChI=1S/C19H21NO6S/c1-4-20-27(23,24)17-11-7-15(8-12-17)19(22)26-13(2)18(21)14-5-9-16(25-3)10-6-14/h5-13,20H,4H2,1-3H3/t13-/m1/s1. The van der Waals surface area contributed by atoms with E-state index in [0.717, 1.165) is 0 Å². The highest BCUT2D eigenvalue weighted by Gasteiger charge is 2.21. The Kier molecular flexibility index (Phi) is 6.70. The van der Waals surface area contributed by atoms with Crippen LogP contribution in [0.3, 0.4) is 0 Å². The lowest BCUT2D eigenvalue weighted by Gasteiger charge is -2.13. The van der Waals surface area contributed by atoms with Crippen molar-refractivity contribution in [1.29, 1.82) is 0 Å². The van der Waals surface area contributed by atoms with E-state index >= 15 is 0 Å². The second-order valence-electron chi connectivity index (χ2n) is 5.67. The van der Waals surface area contributed by atoms with Gasteiger partial charge in [-0.25, -0.2) is 17.9 Å². The van der Waals surface area contributed by atoms with Crippen molar-refractivity contribution in [2.24, 2.45) is 0 Å². The van der Waals surface area contributed by atoms with Gasteiger partial charge in [-0.1, -0.05) is 6.92 Å². The summed E-state index contributed by atoms with van der Waals surface area (Å²) in [5, 5.41) is 0. The molecule has 1 N–H and O–H groups in total. The van der Waals surface area contributed by atoms with Gasteiger partial charge in [0.1, 0.15) is 5.75 Å². The van der Waals surface area contributed by atoms with E-state index in [1.165, 1.54) is 38.3 Å². The molecule has 0 aliphatic heterocycles. The number of carbonyl (C=O) groups excluding carboxylic acids is 2. The van der Waals surface area contributed by atoms with E-state index in [-0.39, 0.29) is 22.8 Å². The number of sulfonamides is 1. The van der Waals surface area contributed by atoms with Crippen LogP contribution in [0.25, 0.3) is 0 Å². The van der Waals surface area contributed by atoms with Gasteiger partial charge in [0.15, 0.2) is 6.10 Å². The van der Waals surface area contributed by atoms with Crippen LogP contribution in [-0.4, -0.2) is 39.9 Å². The SMILES string of the molecule is CCNS(=O)(=O)c1ccc(C(=O)O[C@H](C)C(=O)c2ccc(OC)cc2)cc1. The number of methoxy groups -OCH3 is 1. The number of rotatable bonds is 8. The van der Waals surface area contributed by atoms with E-state index in [4.69, 9.17) is 9.47 Å². The van der Waals surface area contributed by atoms with E-state index in [9.17, 15) is 18.0 Å². The zero-order valence-corrected chi connectivity index (χ0v) is 16.1. The topological polar surface area (TPSA) is 98.8 Å². The molecule has 0 aromatic heterocycles. The van der Waals surface area contributed by atoms with Crippen molar-refractivity contribution in [1.82, 2.24) is 4.72 Å². The molecule has 0 aliphatic rings. The number of nitrogens with one attached hydrogen (secondary N) is 1. The number of carbonyl (C=O) groups is 2. The van der Waals surface area contributed by atoms with Gasteiger partial charge in [-0.2, -0.15) is 0 Å². The molecule has 27 heavy (non-hydrogen) atoms. The summed E-state index contributed by atoms with van der Waals surface area (Å²) in [6.07, 6.45) is -0.990. The van der Waals surface area contributed by atoms with Crippen molar-refractivity contribution in [2.75, 3.05) is 13.7 Å². The number of Topliss-reactive ketones (excluding diaryl/α,β-unsaturated/α-hetero) is 1. The molecule has 8 heteroatoms. The summed E-state index contributed by atoms with van der Waals surface area (Å²) < 4.78 is 36.4. The van der Waals surface area contributed by atoms with Crippen molar-refractivity contribution in [2.45, 2.75) is 24.8 Å². The molecule has 2 aromatic rings. The van der Waals surface area contributed by atoms with E-state index in [2.05, 4.69) is 4.72 Å². The van der Waals surface area contributed by atoms with Crippen molar-refractivity contribution in [3.8, 4) is 5.75 Å². The molecular weight excluding hydrogens is 370 g/mol. The summed E-state index contributed by atoms with van der Waals surface area (Å²) in [5.41, 5.74) is 0.544. The van der Waals surface area contributed by atoms with Crippen LogP contribution in [0.5, 0.6) is 5.75 Å². The molecule has 0 fully saturated rings. The average Bonchev–Trinajstić information content (AvgIpc) is 2.67. The number of esters is 1. The summed E-state index contributed by atoms with van der Waals surface area (Å²) >= 11 is 0. The number of ether oxygens (including phenoxy) is 2. The second-order valence-corrected chi connectivity index (χ2v) is 7.43. The molecular formula is C19H21NO6S. The van der Waals surface area contributed by atoms with Gasteiger partial charge in [-0.05, 0) is 55.5 Å². The van der Waals surface area contributed by atoms with E-state index in [1.54, 1.807) is 31.2 Å². The minimum absolute atomic E-state index is 0.0447. The fourth-order valence-corrected chi connectivity index (χ4v) is 3.36. The zero-order chi connectivity index (χ0) is 20.0. The number of hydrogen-bond donors (Lipinski definition) is 1. The molecule has 0 unspecified atom stereocenters. The first-order chi connectivity index (χ1) is 12.8. The van der Waals surface area contributed by atoms with Crippen molar-refractivity contribution in [3.05, 3.63) is 59.7 Å². The van der Waals surface area contributed by atoms with E-state index in [0.29, 0.717) is 11.3 Å². The quantitative estimate of drug-likeness (QED) is 0.548. The fraction of sp³-hybridized carbons (Fsp3) is 0.263. The maximum atomic E-state index is 12.4. The number of benzene rings is 2. The molecule has 0 saturated heterocycles. The molecule has 0 amide bonds. The van der Waals surface area contributed by atoms with E-state index in [1.807, 2.05) is 0 Å². The Morgan fingerprint density at radius 3 is 2.07 bits per heavy atom. The van der Waals surface area contributed by atoms with Crippen LogP contribution in [-0.2, 0) is 14.8 Å². The van der Waals surface area contributed by atoms with Crippen LogP contribution >= 0.6 is 0 Å². The highest BCUT2D eigenvalue weighted by atomic mass is 32.2. The molecule has 0 aliphatic carbocycles. The van der Waals surface area contributed by atoms with Gasteiger partial charge in [0.2, 0.25) is 15.8 Å². The van der Waals surface area contributed by atoms with Gasteiger partial charge < -0.3 is 9.47 Å². The normalized spacial score (nSPS) is 12.3. The molecule has 0 heterocycles. The molecule has 0 radical (unpaired) electrons. The van der Waals surface area contributed by atoms with Crippen LogP contribution in [0, 0.1) is 0 Å². The Bertz CT molecular complexity index is 904. The highest BCUT2D eigenvalue weighted by molar-refractivity contribution is 7.89. The number of ketones is 1. The van der Waals surface area contributed by atoms with Gasteiger partial charge in [0.05, 0.1) is 17.6 Å². The molecule has 1 atom stereocenters. The second kappa shape index (κ2) is 8.79. The molecule has 0 saturated carbocycles. The van der Waals surface area contributed by atoms with Crippen LogP contribution in [0.2, 0.25) is 0 Å². The first-order valence-electron chi connectivity index (χ1n) is 8.27. The highest BCUT2D eigenvalue weighted by Crippen LogP contribution is 2.16. The fourth-order valence-electron chi connectivity index (χ4n) is 2.32. The largest absolute Gasteiger partial charge is 0.497 e. The Morgan fingerprint density at radius 2 is 1.56 bits per heavy atom. The third kappa shape index (κ3) is 5.15. The predicted octanol–water partition coefficient (Wildman–Crippen LogP) is 2.42. The summed E-state index contributed by atoms with van der Waals surface area (Å²) in [6.45, 7) is 3.41. The van der Waals surface area contributed by atoms with Gasteiger partial charge >= 0.3 is 5.97 Å². The van der Waals surface area contributed by atoms with Gasteiger partial charge in [0, 0.05) is 12.1 Å². The molecule has 7 nitrogen and oxygen atoms in total. The Labute approximate surface area is 158 Å². The molecule has 2 rings (SSSR count). The minimum Gasteiger partial charge on any atom is -0.497 e. The summed E-state index contributed by atoms with van der Waals surface area (Å²) in [7, 11) is -2.07. The Balaban J connectivity index is 2.06. The van der Waals surface area contributed by atoms with Crippen LogP contribution < -0.4 is 9.46 Å². The van der Waals surface area contributed by atoms with Gasteiger partial charge in [-0.15, -0.1) is 0 Å². The average molecular weight is 391 g/mol. The summed E-state index contributed by atoms with van der Waals surface area (Å²) in [4.78, 5) is 24.6. The van der Waals surface area contributed by atoms with Gasteiger partial charge in [-0.3, -0.25) is 4.79 Å². The molecule has 2 aromatic carbocycles.